The summed E-state index contributed by atoms with van der Waals surface area (Å²) >= 11 is 5.70. The van der Waals surface area contributed by atoms with Crippen molar-refractivity contribution in [2.24, 2.45) is 0 Å². The number of nitrogens with one attached hydrogen (secondary N) is 2. The van der Waals surface area contributed by atoms with Crippen LogP contribution in [0.15, 0.2) is 36.4 Å². The number of carbonyl (C=O) groups excluding carboxylic acids is 2. The molecule has 0 saturated carbocycles. The highest BCUT2D eigenvalue weighted by molar-refractivity contribution is 6.32. The Morgan fingerprint density at radius 2 is 1.92 bits per heavy atom. The van der Waals surface area contributed by atoms with Crippen LogP contribution in [-0.2, 0) is 4.79 Å². The third-order valence-electron chi connectivity index (χ3n) is 3.47. The summed E-state index contributed by atoms with van der Waals surface area (Å²) in [6.45, 7) is -0.195. The lowest BCUT2D eigenvalue weighted by Gasteiger charge is -2.08. The van der Waals surface area contributed by atoms with Gasteiger partial charge in [0.2, 0.25) is 12.7 Å². The molecule has 2 aromatic carbocycles. The zero-order chi connectivity index (χ0) is 18.7. The molecule has 1 aliphatic heterocycles. The van der Waals surface area contributed by atoms with Crippen molar-refractivity contribution in [2.75, 3.05) is 18.7 Å². The van der Waals surface area contributed by atoms with Crippen LogP contribution in [0.1, 0.15) is 10.4 Å². The predicted molar refractivity (Wildman–Crippen MR) is 91.6 cm³/mol. The second kappa shape index (κ2) is 7.28. The minimum absolute atomic E-state index is 0.0250. The highest BCUT2D eigenvalue weighted by Crippen LogP contribution is 2.34. The second-order valence-electron chi connectivity index (χ2n) is 5.22. The van der Waals surface area contributed by atoms with E-state index in [0.29, 0.717) is 17.2 Å². The van der Waals surface area contributed by atoms with Gasteiger partial charge < -0.3 is 20.1 Å². The van der Waals surface area contributed by atoms with Gasteiger partial charge in [-0.05, 0) is 24.3 Å². The molecule has 1 heterocycles. The van der Waals surface area contributed by atoms with E-state index < -0.39 is 16.7 Å². The molecule has 0 fully saturated rings. The summed E-state index contributed by atoms with van der Waals surface area (Å²) < 4.78 is 10.4. The Morgan fingerprint density at radius 1 is 1.15 bits per heavy atom. The molecule has 0 spiro atoms. The fourth-order valence-electron chi connectivity index (χ4n) is 2.24. The van der Waals surface area contributed by atoms with E-state index in [1.165, 1.54) is 12.1 Å². The second-order valence-corrected chi connectivity index (χ2v) is 5.63. The van der Waals surface area contributed by atoms with Gasteiger partial charge in [0, 0.05) is 23.4 Å². The van der Waals surface area contributed by atoms with Crippen LogP contribution in [0.2, 0.25) is 5.02 Å². The lowest BCUT2D eigenvalue weighted by atomic mass is 10.2. The molecule has 0 aromatic heterocycles. The monoisotopic (exact) mass is 377 g/mol. The summed E-state index contributed by atoms with van der Waals surface area (Å²) in [7, 11) is 0. The van der Waals surface area contributed by atoms with Gasteiger partial charge in [0.1, 0.15) is 5.02 Å². The first kappa shape index (κ1) is 17.5. The third kappa shape index (κ3) is 3.83. The molecule has 2 aromatic rings. The van der Waals surface area contributed by atoms with Crippen molar-refractivity contribution >= 4 is 34.8 Å². The molecule has 0 aliphatic carbocycles. The summed E-state index contributed by atoms with van der Waals surface area (Å²) in [6.07, 6.45) is 0. The van der Waals surface area contributed by atoms with Crippen LogP contribution in [0.25, 0.3) is 0 Å². The number of hydrogen-bond donors (Lipinski definition) is 2. The van der Waals surface area contributed by atoms with Gasteiger partial charge in [-0.3, -0.25) is 19.7 Å². The van der Waals surface area contributed by atoms with E-state index in [1.54, 1.807) is 18.2 Å². The third-order valence-corrected chi connectivity index (χ3v) is 3.79. The minimum Gasteiger partial charge on any atom is -0.454 e. The number of amides is 2. The number of nitrogens with zero attached hydrogens (tertiary/aromatic N) is 1. The summed E-state index contributed by atoms with van der Waals surface area (Å²) in [6, 6.07) is 8.53. The van der Waals surface area contributed by atoms with Gasteiger partial charge in [0.05, 0.1) is 11.5 Å². The van der Waals surface area contributed by atoms with Crippen LogP contribution < -0.4 is 20.1 Å². The Labute approximate surface area is 152 Å². The Hall–Kier alpha value is -3.33. The first-order valence-corrected chi connectivity index (χ1v) is 7.73. The standard InChI is InChI=1S/C16H12ClN3O6/c17-11-3-1-9(5-12(11)20(23)24)16(22)18-7-15(21)19-10-2-4-13-14(6-10)26-8-25-13/h1-6H,7-8H2,(H,18,22)(H,19,21). The highest BCUT2D eigenvalue weighted by atomic mass is 35.5. The van der Waals surface area contributed by atoms with Gasteiger partial charge in [0.25, 0.3) is 11.6 Å². The number of halogens is 1. The minimum atomic E-state index is -0.689. The number of rotatable bonds is 5. The molecule has 0 unspecified atom stereocenters. The van der Waals surface area contributed by atoms with Crippen molar-refractivity contribution in [3.05, 3.63) is 57.1 Å². The van der Waals surface area contributed by atoms with E-state index in [1.807, 2.05) is 0 Å². The zero-order valence-corrected chi connectivity index (χ0v) is 13.9. The van der Waals surface area contributed by atoms with Gasteiger partial charge >= 0.3 is 0 Å². The molecule has 10 heteroatoms. The number of hydrogen-bond acceptors (Lipinski definition) is 6. The molecular weight excluding hydrogens is 366 g/mol. The Kier molecular flexibility index (Phi) is 4.90. The summed E-state index contributed by atoms with van der Waals surface area (Å²) in [5.74, 6) is -0.00720. The van der Waals surface area contributed by atoms with E-state index in [0.717, 1.165) is 6.07 Å². The molecule has 9 nitrogen and oxygen atoms in total. The topological polar surface area (TPSA) is 120 Å². The molecule has 2 N–H and O–H groups in total. The van der Waals surface area contributed by atoms with Crippen LogP contribution in [0, 0.1) is 10.1 Å². The predicted octanol–water partition coefficient (Wildman–Crippen LogP) is 2.35. The molecule has 0 atom stereocenters. The number of ether oxygens (including phenoxy) is 2. The van der Waals surface area contributed by atoms with E-state index in [-0.39, 0.29) is 29.6 Å². The van der Waals surface area contributed by atoms with Crippen molar-refractivity contribution in [1.29, 1.82) is 0 Å². The van der Waals surface area contributed by atoms with E-state index >= 15 is 0 Å². The van der Waals surface area contributed by atoms with Crippen molar-refractivity contribution < 1.29 is 24.0 Å². The highest BCUT2D eigenvalue weighted by Gasteiger charge is 2.17. The molecule has 0 radical (unpaired) electrons. The van der Waals surface area contributed by atoms with Crippen LogP contribution in [-0.4, -0.2) is 30.1 Å². The fraction of sp³-hybridized carbons (Fsp3) is 0.125. The number of carbonyl (C=O) groups is 2. The maximum atomic E-state index is 12.0. The molecule has 26 heavy (non-hydrogen) atoms. The Bertz CT molecular complexity index is 902. The molecular formula is C16H12ClN3O6. The van der Waals surface area contributed by atoms with Crippen LogP contribution >= 0.6 is 11.6 Å². The van der Waals surface area contributed by atoms with Gasteiger partial charge in [-0.2, -0.15) is 0 Å². The average molecular weight is 378 g/mol. The fourth-order valence-corrected chi connectivity index (χ4v) is 2.42. The number of fused-ring (bicyclic) bond motifs is 1. The molecule has 0 saturated heterocycles. The van der Waals surface area contributed by atoms with Crippen LogP contribution in [0.5, 0.6) is 11.5 Å². The summed E-state index contributed by atoms with van der Waals surface area (Å²) in [5.41, 5.74) is 0.122. The van der Waals surface area contributed by atoms with Crippen molar-refractivity contribution in [3.8, 4) is 11.5 Å². The first-order chi connectivity index (χ1) is 12.4. The lowest BCUT2D eigenvalue weighted by Crippen LogP contribution is -2.32. The number of nitro benzene ring substituents is 1. The van der Waals surface area contributed by atoms with E-state index in [2.05, 4.69) is 10.6 Å². The smallest absolute Gasteiger partial charge is 0.288 e. The molecule has 1 aliphatic rings. The molecule has 3 rings (SSSR count). The Morgan fingerprint density at radius 3 is 2.69 bits per heavy atom. The van der Waals surface area contributed by atoms with E-state index in [9.17, 15) is 19.7 Å². The maximum absolute atomic E-state index is 12.0. The van der Waals surface area contributed by atoms with E-state index in [4.69, 9.17) is 21.1 Å². The SMILES string of the molecule is O=C(CNC(=O)c1ccc(Cl)c([N+](=O)[O-])c1)Nc1ccc2c(c1)OCO2. The van der Waals surface area contributed by atoms with Crippen molar-refractivity contribution in [2.45, 2.75) is 0 Å². The molecule has 0 bridgehead atoms. The number of nitro groups is 1. The largest absolute Gasteiger partial charge is 0.454 e. The number of anilines is 1. The maximum Gasteiger partial charge on any atom is 0.288 e. The lowest BCUT2D eigenvalue weighted by molar-refractivity contribution is -0.384. The number of benzene rings is 2. The molecule has 2 amide bonds. The van der Waals surface area contributed by atoms with Crippen LogP contribution in [0.4, 0.5) is 11.4 Å². The average Bonchev–Trinajstić information content (AvgIpc) is 3.07. The molecule has 134 valence electrons. The van der Waals surface area contributed by atoms with Gasteiger partial charge in [-0.15, -0.1) is 0 Å². The van der Waals surface area contributed by atoms with Gasteiger partial charge in [0.15, 0.2) is 11.5 Å². The van der Waals surface area contributed by atoms with Crippen molar-refractivity contribution in [3.63, 3.8) is 0 Å². The zero-order valence-electron chi connectivity index (χ0n) is 13.2. The van der Waals surface area contributed by atoms with Gasteiger partial charge in [-0.25, -0.2) is 0 Å². The van der Waals surface area contributed by atoms with Crippen LogP contribution in [0.3, 0.4) is 0 Å². The quantitative estimate of drug-likeness (QED) is 0.609. The Balaban J connectivity index is 1.58. The summed E-state index contributed by atoms with van der Waals surface area (Å²) in [5, 5.41) is 15.8. The van der Waals surface area contributed by atoms with Gasteiger partial charge in [-0.1, -0.05) is 11.6 Å². The summed E-state index contributed by atoms with van der Waals surface area (Å²) in [4.78, 5) is 34.2. The first-order valence-electron chi connectivity index (χ1n) is 7.35. The normalized spacial score (nSPS) is 11.7. The van der Waals surface area contributed by atoms with Crippen molar-refractivity contribution in [1.82, 2.24) is 5.32 Å².